The largest absolute Gasteiger partial charge is 0.396 e. The molecule has 1 atom stereocenters. The summed E-state index contributed by atoms with van der Waals surface area (Å²) in [6, 6.07) is -0.0984. The van der Waals surface area contributed by atoms with Crippen LogP contribution in [0.5, 0.6) is 0 Å². The van der Waals surface area contributed by atoms with Crippen molar-refractivity contribution in [2.24, 2.45) is 5.73 Å². The molecule has 0 aromatic carbocycles. The van der Waals surface area contributed by atoms with E-state index in [1.165, 1.54) is 0 Å². The first kappa shape index (κ1) is 8.64. The van der Waals surface area contributed by atoms with Gasteiger partial charge in [0.15, 0.2) is 0 Å². The maximum atomic E-state index is 8.60. The van der Waals surface area contributed by atoms with Crippen molar-refractivity contribution in [2.45, 2.75) is 19.4 Å². The topological polar surface area (TPSA) is 59.1 Å². The van der Waals surface area contributed by atoms with Crippen molar-refractivity contribution in [1.82, 2.24) is 4.98 Å². The van der Waals surface area contributed by atoms with E-state index in [4.69, 9.17) is 10.8 Å². The van der Waals surface area contributed by atoms with Crippen molar-refractivity contribution in [1.29, 1.82) is 0 Å². The van der Waals surface area contributed by atoms with Crippen LogP contribution in [0.15, 0.2) is 5.38 Å². The fraction of sp³-hybridized carbons (Fsp3) is 0.571. The summed E-state index contributed by atoms with van der Waals surface area (Å²) in [5.41, 5.74) is 6.71. The molecule has 0 spiro atoms. The van der Waals surface area contributed by atoms with Gasteiger partial charge in [-0.15, -0.1) is 11.3 Å². The summed E-state index contributed by atoms with van der Waals surface area (Å²) in [5.74, 6) is 0. The lowest BCUT2D eigenvalue weighted by molar-refractivity contribution is 0.276. The number of hydrogen-bond donors (Lipinski definition) is 2. The summed E-state index contributed by atoms with van der Waals surface area (Å²) >= 11 is 1.55. The van der Waals surface area contributed by atoms with E-state index in [9.17, 15) is 0 Å². The Bertz CT molecular complexity index is 224. The summed E-state index contributed by atoms with van der Waals surface area (Å²) in [6.45, 7) is 2.06. The quantitative estimate of drug-likeness (QED) is 0.710. The van der Waals surface area contributed by atoms with Gasteiger partial charge in [0.25, 0.3) is 0 Å². The third kappa shape index (κ3) is 2.25. The van der Waals surface area contributed by atoms with Gasteiger partial charge in [-0.25, -0.2) is 4.98 Å². The molecule has 0 aliphatic rings. The molecule has 1 aromatic heterocycles. The summed E-state index contributed by atoms with van der Waals surface area (Å²) in [5, 5.41) is 11.5. The van der Waals surface area contributed by atoms with Crippen molar-refractivity contribution in [2.75, 3.05) is 6.61 Å². The van der Waals surface area contributed by atoms with Gasteiger partial charge in [0.2, 0.25) is 0 Å². The first-order valence-corrected chi connectivity index (χ1v) is 4.40. The van der Waals surface area contributed by atoms with Crippen LogP contribution < -0.4 is 5.73 Å². The molecular weight excluding hydrogens is 160 g/mol. The molecule has 0 fully saturated rings. The molecule has 0 aliphatic heterocycles. The molecule has 1 heterocycles. The highest BCUT2D eigenvalue weighted by Gasteiger charge is 2.07. The van der Waals surface area contributed by atoms with Gasteiger partial charge in [-0.2, -0.15) is 0 Å². The van der Waals surface area contributed by atoms with Crippen LogP contribution in [0.4, 0.5) is 0 Å². The molecule has 11 heavy (non-hydrogen) atoms. The minimum absolute atomic E-state index is 0.0984. The third-order valence-corrected chi connectivity index (χ3v) is 2.49. The minimum Gasteiger partial charge on any atom is -0.396 e. The lowest BCUT2D eigenvalue weighted by Crippen LogP contribution is -2.11. The van der Waals surface area contributed by atoms with Gasteiger partial charge in [0.05, 0.1) is 6.04 Å². The van der Waals surface area contributed by atoms with E-state index in [-0.39, 0.29) is 12.6 Å². The highest BCUT2D eigenvalue weighted by molar-refractivity contribution is 7.09. The van der Waals surface area contributed by atoms with Crippen molar-refractivity contribution in [3.05, 3.63) is 16.1 Å². The third-order valence-electron chi connectivity index (χ3n) is 1.39. The predicted molar refractivity (Wildman–Crippen MR) is 45.5 cm³/mol. The molecule has 0 aliphatic carbocycles. The number of aromatic nitrogens is 1. The van der Waals surface area contributed by atoms with E-state index in [0.717, 1.165) is 10.7 Å². The van der Waals surface area contributed by atoms with Crippen molar-refractivity contribution < 1.29 is 5.11 Å². The Kier molecular flexibility index (Phi) is 2.99. The molecule has 0 amide bonds. The molecule has 1 rings (SSSR count). The lowest BCUT2D eigenvalue weighted by atomic mass is 10.2. The van der Waals surface area contributed by atoms with Crippen LogP contribution in [-0.4, -0.2) is 16.7 Å². The van der Waals surface area contributed by atoms with E-state index >= 15 is 0 Å². The van der Waals surface area contributed by atoms with Crippen LogP contribution in [0.25, 0.3) is 0 Å². The number of thiazole rings is 1. The zero-order valence-corrected chi connectivity index (χ0v) is 7.27. The molecule has 3 N–H and O–H groups in total. The zero-order valence-electron chi connectivity index (χ0n) is 6.45. The zero-order chi connectivity index (χ0) is 8.27. The molecule has 3 nitrogen and oxygen atoms in total. The molecule has 1 unspecified atom stereocenters. The maximum Gasteiger partial charge on any atom is 0.110 e. The Morgan fingerprint density at radius 1 is 1.82 bits per heavy atom. The molecule has 0 saturated heterocycles. The number of nitrogens with zero attached hydrogens (tertiary/aromatic N) is 1. The first-order chi connectivity index (χ1) is 5.24. The van der Waals surface area contributed by atoms with Crippen LogP contribution >= 0.6 is 11.3 Å². The van der Waals surface area contributed by atoms with E-state index < -0.39 is 0 Å². The fourth-order valence-corrected chi connectivity index (χ4v) is 1.64. The Balaban J connectivity index is 2.60. The lowest BCUT2D eigenvalue weighted by Gasteiger charge is -2.03. The molecule has 1 aromatic rings. The number of hydrogen-bond acceptors (Lipinski definition) is 4. The van der Waals surface area contributed by atoms with Crippen molar-refractivity contribution in [3.8, 4) is 0 Å². The van der Waals surface area contributed by atoms with Gasteiger partial charge in [-0.05, 0) is 13.3 Å². The summed E-state index contributed by atoms with van der Waals surface area (Å²) in [7, 11) is 0. The van der Waals surface area contributed by atoms with E-state index in [0.29, 0.717) is 6.42 Å². The summed E-state index contributed by atoms with van der Waals surface area (Å²) in [6.07, 6.45) is 0.590. The number of aryl methyl sites for hydroxylation is 1. The van der Waals surface area contributed by atoms with Crippen LogP contribution in [0.3, 0.4) is 0 Å². The van der Waals surface area contributed by atoms with Crippen LogP contribution in [-0.2, 0) is 0 Å². The summed E-state index contributed by atoms with van der Waals surface area (Å²) in [4.78, 5) is 4.21. The standard InChI is InChI=1S/C7H12N2OS/c1-5-4-11-7(9-5)6(8)2-3-10/h4,6,10H,2-3,8H2,1H3. The number of aliphatic hydroxyl groups is 1. The number of nitrogens with two attached hydrogens (primary N) is 1. The predicted octanol–water partition coefficient (Wildman–Crippen LogP) is 0.834. The van der Waals surface area contributed by atoms with Gasteiger partial charge >= 0.3 is 0 Å². The van der Waals surface area contributed by atoms with E-state index in [1.54, 1.807) is 11.3 Å². The minimum atomic E-state index is -0.0984. The molecule has 0 radical (unpaired) electrons. The fourth-order valence-electron chi connectivity index (χ4n) is 0.805. The average Bonchev–Trinajstić information content (AvgIpc) is 2.36. The van der Waals surface area contributed by atoms with Gasteiger partial charge in [0, 0.05) is 17.7 Å². The average molecular weight is 172 g/mol. The van der Waals surface area contributed by atoms with Crippen LogP contribution in [0.2, 0.25) is 0 Å². The van der Waals surface area contributed by atoms with Crippen LogP contribution in [0.1, 0.15) is 23.2 Å². The maximum absolute atomic E-state index is 8.60. The van der Waals surface area contributed by atoms with E-state index in [1.807, 2.05) is 12.3 Å². The molecular formula is C7H12N2OS. The van der Waals surface area contributed by atoms with E-state index in [2.05, 4.69) is 4.98 Å². The van der Waals surface area contributed by atoms with Gasteiger partial charge in [0.1, 0.15) is 5.01 Å². The Morgan fingerprint density at radius 2 is 2.55 bits per heavy atom. The molecule has 4 heteroatoms. The second-order valence-corrected chi connectivity index (χ2v) is 3.34. The second-order valence-electron chi connectivity index (χ2n) is 2.45. The molecule has 62 valence electrons. The van der Waals surface area contributed by atoms with Gasteiger partial charge in [-0.3, -0.25) is 0 Å². The molecule has 0 bridgehead atoms. The Morgan fingerprint density at radius 3 is 3.00 bits per heavy atom. The highest BCUT2D eigenvalue weighted by atomic mass is 32.1. The van der Waals surface area contributed by atoms with Gasteiger partial charge < -0.3 is 10.8 Å². The second kappa shape index (κ2) is 3.80. The van der Waals surface area contributed by atoms with Crippen molar-refractivity contribution in [3.63, 3.8) is 0 Å². The van der Waals surface area contributed by atoms with Crippen molar-refractivity contribution >= 4 is 11.3 Å². The number of rotatable bonds is 3. The monoisotopic (exact) mass is 172 g/mol. The highest BCUT2D eigenvalue weighted by Crippen LogP contribution is 2.17. The molecule has 0 saturated carbocycles. The normalized spacial score (nSPS) is 13.4. The first-order valence-electron chi connectivity index (χ1n) is 3.52. The van der Waals surface area contributed by atoms with Gasteiger partial charge in [-0.1, -0.05) is 0 Å². The summed E-state index contributed by atoms with van der Waals surface area (Å²) < 4.78 is 0. The Labute approximate surface area is 69.9 Å². The van der Waals surface area contributed by atoms with Crippen LogP contribution in [0, 0.1) is 6.92 Å². The SMILES string of the molecule is Cc1csc(C(N)CCO)n1. The smallest absolute Gasteiger partial charge is 0.110 e. The Hall–Kier alpha value is -0.450. The number of aliphatic hydroxyl groups excluding tert-OH is 1.